The number of hydrogen-bond acceptors (Lipinski definition) is 3. The molecule has 0 aliphatic heterocycles. The molecule has 0 aliphatic carbocycles. The van der Waals surface area contributed by atoms with Crippen molar-refractivity contribution in [1.82, 2.24) is 0 Å². The highest BCUT2D eigenvalue weighted by atomic mass is 32.3. The molecule has 0 unspecified atom stereocenters. The summed E-state index contributed by atoms with van der Waals surface area (Å²) in [5.74, 6) is 0.0761. The van der Waals surface area contributed by atoms with Gasteiger partial charge >= 0.3 is 10.4 Å². The van der Waals surface area contributed by atoms with Crippen LogP contribution in [0.15, 0.2) is 54.6 Å². The minimum atomic E-state index is -4.45. The zero-order valence-corrected chi connectivity index (χ0v) is 9.59. The largest absolute Gasteiger partial charge is 0.446 e. The minimum Gasteiger partial charge on any atom is -0.362 e. The van der Waals surface area contributed by atoms with Crippen LogP contribution in [0.2, 0.25) is 0 Å². The molecule has 0 saturated heterocycles. The van der Waals surface area contributed by atoms with Gasteiger partial charge in [-0.05, 0) is 23.3 Å². The molecule has 5 heteroatoms. The van der Waals surface area contributed by atoms with Crippen LogP contribution in [0, 0.1) is 0 Å². The first-order chi connectivity index (χ1) is 8.04. The predicted molar refractivity (Wildman–Crippen MR) is 64.1 cm³/mol. The second kappa shape index (κ2) is 4.57. The standard InChI is InChI=1S/C12H10O4S/c13-17(14,15)16-12-8-6-11(7-9-12)10-4-2-1-3-5-10/h1-9H,(H,13,14,15)/i6+1,7+1,8+1,9+1,11+1,12+1. The van der Waals surface area contributed by atoms with Crippen molar-refractivity contribution in [2.75, 3.05) is 0 Å². The topological polar surface area (TPSA) is 63.6 Å². The maximum absolute atomic E-state index is 10.5. The summed E-state index contributed by atoms with van der Waals surface area (Å²) in [5.41, 5.74) is 1.96. The zero-order chi connectivity index (χ0) is 12.3. The summed E-state index contributed by atoms with van der Waals surface area (Å²) in [5, 5.41) is 0. The third-order valence-electron chi connectivity index (χ3n) is 2.16. The van der Waals surface area contributed by atoms with Crippen LogP contribution in [-0.4, -0.2) is 13.0 Å². The van der Waals surface area contributed by atoms with Crippen LogP contribution in [0.3, 0.4) is 0 Å². The van der Waals surface area contributed by atoms with E-state index in [1.54, 1.807) is 12.1 Å². The van der Waals surface area contributed by atoms with Crippen molar-refractivity contribution < 1.29 is 17.2 Å². The van der Waals surface area contributed by atoms with E-state index >= 15 is 0 Å². The summed E-state index contributed by atoms with van der Waals surface area (Å²) in [4.78, 5) is 0. The average molecular weight is 256 g/mol. The first-order valence-electron chi connectivity index (χ1n) is 4.87. The van der Waals surface area contributed by atoms with E-state index in [1.165, 1.54) is 12.1 Å². The van der Waals surface area contributed by atoms with E-state index in [9.17, 15) is 8.42 Å². The highest BCUT2D eigenvalue weighted by Crippen LogP contribution is 2.22. The monoisotopic (exact) mass is 256 g/mol. The molecule has 4 nitrogen and oxygen atoms in total. The van der Waals surface area contributed by atoms with Crippen molar-refractivity contribution in [3.05, 3.63) is 54.6 Å². The van der Waals surface area contributed by atoms with Gasteiger partial charge in [0, 0.05) is 0 Å². The molecule has 0 radical (unpaired) electrons. The molecule has 0 heterocycles. The Balaban J connectivity index is 2.25. The molecule has 0 atom stereocenters. The predicted octanol–water partition coefficient (Wildman–Crippen LogP) is 2.54. The number of hydrogen-bond donors (Lipinski definition) is 1. The van der Waals surface area contributed by atoms with Crippen molar-refractivity contribution in [3.63, 3.8) is 0 Å². The Morgan fingerprint density at radius 2 is 1.35 bits per heavy atom. The summed E-state index contributed by atoms with van der Waals surface area (Å²) in [6, 6.07) is 16.0. The van der Waals surface area contributed by atoms with Crippen LogP contribution >= 0.6 is 0 Å². The summed E-state index contributed by atoms with van der Waals surface area (Å²) in [6.45, 7) is 0. The Morgan fingerprint density at radius 3 is 1.88 bits per heavy atom. The molecular formula is C12H10O4S. The average Bonchev–Trinajstić information content (AvgIpc) is 2.29. The Bertz CT molecular complexity index is 588. The highest BCUT2D eigenvalue weighted by molar-refractivity contribution is 7.81. The van der Waals surface area contributed by atoms with E-state index in [-0.39, 0.29) is 5.75 Å². The fourth-order valence-electron chi connectivity index (χ4n) is 1.46. The lowest BCUT2D eigenvalue weighted by Crippen LogP contribution is -2.06. The first kappa shape index (κ1) is 11.6. The van der Waals surface area contributed by atoms with E-state index in [0.29, 0.717) is 0 Å². The van der Waals surface area contributed by atoms with Crippen molar-refractivity contribution in [2.24, 2.45) is 0 Å². The van der Waals surface area contributed by atoms with E-state index in [1.807, 2.05) is 30.3 Å². The summed E-state index contributed by atoms with van der Waals surface area (Å²) in [7, 11) is -4.45. The zero-order valence-electron chi connectivity index (χ0n) is 8.78. The maximum Gasteiger partial charge on any atom is 0.446 e. The van der Waals surface area contributed by atoms with Crippen LogP contribution in [0.1, 0.15) is 0 Å². The molecule has 0 spiro atoms. The van der Waals surface area contributed by atoms with Gasteiger partial charge in [0.2, 0.25) is 0 Å². The van der Waals surface area contributed by atoms with Crippen LogP contribution in [0.4, 0.5) is 0 Å². The fraction of sp³-hybridized carbons (Fsp3) is 0. The van der Waals surface area contributed by atoms with Gasteiger partial charge in [0.15, 0.2) is 0 Å². The van der Waals surface area contributed by atoms with Crippen LogP contribution in [0.5, 0.6) is 5.75 Å². The van der Waals surface area contributed by atoms with Crippen molar-refractivity contribution in [1.29, 1.82) is 0 Å². The van der Waals surface area contributed by atoms with Gasteiger partial charge in [-0.3, -0.25) is 4.55 Å². The van der Waals surface area contributed by atoms with Gasteiger partial charge in [-0.1, -0.05) is 42.5 Å². The normalized spacial score (nSPS) is 11.1. The third-order valence-corrected chi connectivity index (χ3v) is 2.57. The summed E-state index contributed by atoms with van der Waals surface area (Å²) >= 11 is 0. The second-order valence-corrected chi connectivity index (χ2v) is 4.42. The SMILES string of the molecule is O=S(=O)(O)O[13c]1[13cH][13cH][13c](-c2ccccc2)[13cH][13cH]1. The molecule has 0 bridgehead atoms. The quantitative estimate of drug-likeness (QED) is 0.857. The molecule has 0 amide bonds. The lowest BCUT2D eigenvalue weighted by molar-refractivity contribution is 0.387. The third kappa shape index (κ3) is 3.30. The molecule has 0 aromatic heterocycles. The Kier molecular flexibility index (Phi) is 3.12. The van der Waals surface area contributed by atoms with Gasteiger partial charge in [0.1, 0.15) is 5.75 Å². The van der Waals surface area contributed by atoms with Crippen LogP contribution in [-0.2, 0) is 10.4 Å². The molecule has 88 valence electrons. The summed E-state index contributed by atoms with van der Waals surface area (Å²) < 4.78 is 33.8. The van der Waals surface area contributed by atoms with Crippen molar-refractivity contribution >= 4 is 10.4 Å². The molecule has 2 aromatic rings. The molecular weight excluding hydrogens is 246 g/mol. The lowest BCUT2D eigenvalue weighted by atomic mass is 10.3. The fourth-order valence-corrected chi connectivity index (χ4v) is 1.81. The first-order valence-corrected chi connectivity index (χ1v) is 6.23. The van der Waals surface area contributed by atoms with Crippen molar-refractivity contribution in [2.45, 2.75) is 0 Å². The van der Waals surface area contributed by atoms with Gasteiger partial charge in [-0.25, -0.2) is 0 Å². The molecule has 2 aromatic carbocycles. The van der Waals surface area contributed by atoms with Gasteiger partial charge in [-0.2, -0.15) is 8.42 Å². The Labute approximate surface area is 99.4 Å². The molecule has 2 rings (SSSR count). The highest BCUT2D eigenvalue weighted by Gasteiger charge is 2.06. The van der Waals surface area contributed by atoms with E-state index in [2.05, 4.69) is 4.18 Å². The molecule has 0 saturated carbocycles. The molecule has 0 fully saturated rings. The van der Waals surface area contributed by atoms with Crippen LogP contribution < -0.4 is 4.18 Å². The Hall–Kier alpha value is -1.85. The lowest BCUT2D eigenvalue weighted by Gasteiger charge is -2.03. The number of benzene rings is 2. The second-order valence-electron chi connectivity index (χ2n) is 3.40. The van der Waals surface area contributed by atoms with Crippen molar-refractivity contribution in [3.8, 4) is 16.9 Å². The van der Waals surface area contributed by atoms with Gasteiger partial charge in [0.25, 0.3) is 0 Å². The van der Waals surface area contributed by atoms with E-state index in [0.717, 1.165) is 11.1 Å². The van der Waals surface area contributed by atoms with Gasteiger partial charge in [-0.15, -0.1) is 0 Å². The molecule has 1 N–H and O–H groups in total. The molecule has 17 heavy (non-hydrogen) atoms. The smallest absolute Gasteiger partial charge is 0.362 e. The van der Waals surface area contributed by atoms with Gasteiger partial charge < -0.3 is 4.18 Å². The van der Waals surface area contributed by atoms with Gasteiger partial charge in [0.05, 0.1) is 0 Å². The summed E-state index contributed by atoms with van der Waals surface area (Å²) in [6.07, 6.45) is 0. The number of rotatable bonds is 3. The Morgan fingerprint density at radius 1 is 0.824 bits per heavy atom. The van der Waals surface area contributed by atoms with E-state index in [4.69, 9.17) is 4.55 Å². The van der Waals surface area contributed by atoms with Crippen LogP contribution in [0.25, 0.3) is 11.1 Å². The maximum atomic E-state index is 10.5. The molecule has 0 aliphatic rings. The van der Waals surface area contributed by atoms with E-state index < -0.39 is 10.4 Å². The minimum absolute atomic E-state index is 0.0761.